The maximum absolute atomic E-state index is 12.5. The summed E-state index contributed by atoms with van der Waals surface area (Å²) in [5.74, 6) is 0. The van der Waals surface area contributed by atoms with Crippen LogP contribution >= 0.6 is 28.1 Å². The highest BCUT2D eigenvalue weighted by Gasteiger charge is 2.33. The Bertz CT molecular complexity index is 636. The van der Waals surface area contributed by atoms with Crippen molar-refractivity contribution in [1.29, 1.82) is 0 Å². The standard InChI is InChI=1S/C11H7BrF3N3S/c12-7-5-6(10(16)19)1-2-8(7)18-4-3-9(17-18)11(13,14)15/h1-5H,(H2,16,19). The van der Waals surface area contributed by atoms with Gasteiger partial charge in [-0.3, -0.25) is 0 Å². The van der Waals surface area contributed by atoms with Crippen LogP contribution in [0.25, 0.3) is 5.69 Å². The summed E-state index contributed by atoms with van der Waals surface area (Å²) in [4.78, 5) is 0.212. The average Bonchev–Trinajstić information content (AvgIpc) is 2.77. The molecule has 0 radical (unpaired) electrons. The quantitative estimate of drug-likeness (QED) is 0.846. The molecule has 8 heteroatoms. The molecular formula is C11H7BrF3N3S. The molecule has 0 fully saturated rings. The number of nitrogens with zero attached hydrogens (tertiary/aromatic N) is 2. The molecule has 0 aliphatic heterocycles. The Kier molecular flexibility index (Phi) is 3.64. The van der Waals surface area contributed by atoms with E-state index >= 15 is 0 Å². The van der Waals surface area contributed by atoms with Crippen LogP contribution in [0, 0.1) is 0 Å². The molecule has 0 spiro atoms. The number of aromatic nitrogens is 2. The molecule has 2 rings (SSSR count). The van der Waals surface area contributed by atoms with E-state index in [1.54, 1.807) is 18.2 Å². The topological polar surface area (TPSA) is 43.8 Å². The Hall–Kier alpha value is -1.41. The molecule has 0 bridgehead atoms. The highest BCUT2D eigenvalue weighted by Crippen LogP contribution is 2.29. The molecule has 0 aliphatic carbocycles. The molecule has 1 aromatic carbocycles. The third kappa shape index (κ3) is 2.95. The van der Waals surface area contributed by atoms with Crippen LogP contribution < -0.4 is 5.73 Å². The van der Waals surface area contributed by atoms with Crippen molar-refractivity contribution in [2.24, 2.45) is 5.73 Å². The van der Waals surface area contributed by atoms with Gasteiger partial charge in [-0.25, -0.2) is 4.68 Å². The molecule has 0 unspecified atom stereocenters. The normalized spacial score (nSPS) is 11.6. The fraction of sp³-hybridized carbons (Fsp3) is 0.0909. The van der Waals surface area contributed by atoms with Crippen molar-refractivity contribution < 1.29 is 13.2 Å². The van der Waals surface area contributed by atoms with Gasteiger partial charge in [-0.05, 0) is 40.2 Å². The minimum Gasteiger partial charge on any atom is -0.389 e. The predicted octanol–water partition coefficient (Wildman–Crippen LogP) is 3.29. The van der Waals surface area contributed by atoms with Crippen molar-refractivity contribution in [2.75, 3.05) is 0 Å². The Morgan fingerprint density at radius 3 is 2.47 bits per heavy atom. The lowest BCUT2D eigenvalue weighted by Crippen LogP contribution is -2.10. The number of alkyl halides is 3. The van der Waals surface area contributed by atoms with Gasteiger partial charge in [-0.1, -0.05) is 12.2 Å². The fourth-order valence-electron chi connectivity index (χ4n) is 1.46. The van der Waals surface area contributed by atoms with Gasteiger partial charge in [0.2, 0.25) is 0 Å². The monoisotopic (exact) mass is 349 g/mol. The second-order valence-corrected chi connectivity index (χ2v) is 4.97. The van der Waals surface area contributed by atoms with Crippen LogP contribution in [0.2, 0.25) is 0 Å². The molecule has 2 N–H and O–H groups in total. The zero-order valence-electron chi connectivity index (χ0n) is 9.28. The van der Waals surface area contributed by atoms with E-state index in [-0.39, 0.29) is 4.99 Å². The van der Waals surface area contributed by atoms with Gasteiger partial charge in [-0.2, -0.15) is 18.3 Å². The molecule has 1 heterocycles. The van der Waals surface area contributed by atoms with Gasteiger partial charge in [0.15, 0.2) is 5.69 Å². The second kappa shape index (κ2) is 4.93. The Labute approximate surface area is 120 Å². The van der Waals surface area contributed by atoms with E-state index in [1.165, 1.54) is 6.20 Å². The molecule has 0 saturated heterocycles. The molecule has 19 heavy (non-hydrogen) atoms. The van der Waals surface area contributed by atoms with E-state index in [2.05, 4.69) is 21.0 Å². The van der Waals surface area contributed by atoms with Gasteiger partial charge < -0.3 is 5.73 Å². The SMILES string of the molecule is NC(=S)c1ccc(-n2ccc(C(F)(F)F)n2)c(Br)c1. The van der Waals surface area contributed by atoms with E-state index in [4.69, 9.17) is 18.0 Å². The maximum Gasteiger partial charge on any atom is 0.435 e. The van der Waals surface area contributed by atoms with Gasteiger partial charge >= 0.3 is 6.18 Å². The summed E-state index contributed by atoms with van der Waals surface area (Å²) in [5, 5.41) is 3.48. The number of thiocarbonyl (C=S) groups is 1. The van der Waals surface area contributed by atoms with Crippen molar-refractivity contribution in [1.82, 2.24) is 9.78 Å². The molecule has 2 aromatic rings. The zero-order valence-corrected chi connectivity index (χ0v) is 11.7. The zero-order chi connectivity index (χ0) is 14.2. The first-order chi connectivity index (χ1) is 8.79. The van der Waals surface area contributed by atoms with Crippen LogP contribution in [-0.4, -0.2) is 14.8 Å². The Morgan fingerprint density at radius 2 is 2.00 bits per heavy atom. The molecule has 0 saturated carbocycles. The summed E-state index contributed by atoms with van der Waals surface area (Å²) < 4.78 is 39.1. The fourth-order valence-corrected chi connectivity index (χ4v) is 2.14. The number of hydrogen-bond acceptors (Lipinski definition) is 2. The molecule has 1 aromatic heterocycles. The van der Waals surface area contributed by atoms with Gasteiger partial charge in [-0.15, -0.1) is 0 Å². The Morgan fingerprint density at radius 1 is 1.32 bits per heavy atom. The summed E-state index contributed by atoms with van der Waals surface area (Å²) in [7, 11) is 0. The summed E-state index contributed by atoms with van der Waals surface area (Å²) in [6, 6.07) is 5.75. The van der Waals surface area contributed by atoms with Crippen LogP contribution in [0.4, 0.5) is 13.2 Å². The lowest BCUT2D eigenvalue weighted by atomic mass is 10.2. The van der Waals surface area contributed by atoms with E-state index in [1.807, 2.05) is 0 Å². The molecule has 0 aliphatic rings. The lowest BCUT2D eigenvalue weighted by Gasteiger charge is -2.07. The second-order valence-electron chi connectivity index (χ2n) is 3.67. The third-order valence-electron chi connectivity index (χ3n) is 2.36. The van der Waals surface area contributed by atoms with E-state index in [9.17, 15) is 13.2 Å². The van der Waals surface area contributed by atoms with E-state index < -0.39 is 11.9 Å². The molecule has 0 atom stereocenters. The smallest absolute Gasteiger partial charge is 0.389 e. The van der Waals surface area contributed by atoms with E-state index in [0.29, 0.717) is 15.7 Å². The summed E-state index contributed by atoms with van der Waals surface area (Å²) in [6.07, 6.45) is -3.22. The van der Waals surface area contributed by atoms with Gasteiger partial charge in [0.05, 0.1) is 5.69 Å². The molecule has 3 nitrogen and oxygen atoms in total. The lowest BCUT2D eigenvalue weighted by molar-refractivity contribution is -0.141. The minimum atomic E-state index is -4.46. The number of halogens is 4. The first kappa shape index (κ1) is 14.0. The third-order valence-corrected chi connectivity index (χ3v) is 3.23. The summed E-state index contributed by atoms with van der Waals surface area (Å²) >= 11 is 8.07. The average molecular weight is 350 g/mol. The number of benzene rings is 1. The van der Waals surface area contributed by atoms with E-state index in [0.717, 1.165) is 10.7 Å². The Balaban J connectivity index is 2.43. The van der Waals surface area contributed by atoms with Crippen molar-refractivity contribution >= 4 is 33.1 Å². The highest BCUT2D eigenvalue weighted by atomic mass is 79.9. The first-order valence-corrected chi connectivity index (χ1v) is 6.22. The predicted molar refractivity (Wildman–Crippen MR) is 72.2 cm³/mol. The number of hydrogen-bond donors (Lipinski definition) is 1. The first-order valence-electron chi connectivity index (χ1n) is 5.01. The number of rotatable bonds is 2. The van der Waals surface area contributed by atoms with Crippen LogP contribution in [-0.2, 0) is 6.18 Å². The van der Waals surface area contributed by atoms with Gasteiger partial charge in [0.25, 0.3) is 0 Å². The van der Waals surface area contributed by atoms with Gasteiger partial charge in [0.1, 0.15) is 4.99 Å². The largest absolute Gasteiger partial charge is 0.435 e. The van der Waals surface area contributed by atoms with Crippen molar-refractivity contribution in [3.05, 3.63) is 46.2 Å². The maximum atomic E-state index is 12.5. The van der Waals surface area contributed by atoms with Gasteiger partial charge in [0, 0.05) is 16.2 Å². The molecular weight excluding hydrogens is 343 g/mol. The van der Waals surface area contributed by atoms with Crippen LogP contribution in [0.3, 0.4) is 0 Å². The molecule has 0 amide bonds. The summed E-state index contributed by atoms with van der Waals surface area (Å²) in [6.45, 7) is 0. The summed E-state index contributed by atoms with van der Waals surface area (Å²) in [5.41, 5.74) is 5.61. The van der Waals surface area contributed by atoms with Crippen molar-refractivity contribution in [3.63, 3.8) is 0 Å². The van der Waals surface area contributed by atoms with Crippen molar-refractivity contribution in [2.45, 2.75) is 6.18 Å². The minimum absolute atomic E-state index is 0.212. The van der Waals surface area contributed by atoms with Crippen LogP contribution in [0.5, 0.6) is 0 Å². The molecule has 100 valence electrons. The van der Waals surface area contributed by atoms with Crippen LogP contribution in [0.1, 0.15) is 11.3 Å². The van der Waals surface area contributed by atoms with Crippen molar-refractivity contribution in [3.8, 4) is 5.69 Å². The highest BCUT2D eigenvalue weighted by molar-refractivity contribution is 9.10. The number of nitrogens with two attached hydrogens (primary N) is 1. The van der Waals surface area contributed by atoms with Crippen LogP contribution in [0.15, 0.2) is 34.9 Å².